The molecular formula is C14H20ClNO2. The van der Waals surface area contributed by atoms with Gasteiger partial charge in [0.2, 0.25) is 0 Å². The van der Waals surface area contributed by atoms with Crippen LogP contribution in [0, 0.1) is 0 Å². The van der Waals surface area contributed by atoms with Crippen molar-refractivity contribution in [1.29, 1.82) is 0 Å². The number of aliphatic hydroxyl groups is 1. The van der Waals surface area contributed by atoms with Crippen molar-refractivity contribution in [3.63, 3.8) is 0 Å². The largest absolute Gasteiger partial charge is 0.387 e. The van der Waals surface area contributed by atoms with Crippen LogP contribution in [-0.2, 0) is 4.74 Å². The molecular weight excluding hydrogens is 250 g/mol. The van der Waals surface area contributed by atoms with Gasteiger partial charge in [-0.25, -0.2) is 0 Å². The molecule has 0 aliphatic carbocycles. The first-order chi connectivity index (χ1) is 8.61. The number of nitrogens with one attached hydrogen (secondary N) is 1. The minimum atomic E-state index is -0.597. The molecule has 1 aromatic carbocycles. The van der Waals surface area contributed by atoms with Gasteiger partial charge in [0.25, 0.3) is 0 Å². The number of rotatable bonds is 8. The van der Waals surface area contributed by atoms with Crippen molar-refractivity contribution in [2.45, 2.75) is 13.0 Å². The summed E-state index contributed by atoms with van der Waals surface area (Å²) in [7, 11) is 0. The van der Waals surface area contributed by atoms with Crippen LogP contribution >= 0.6 is 11.6 Å². The Kier molecular flexibility index (Phi) is 6.98. The highest BCUT2D eigenvalue weighted by atomic mass is 35.5. The molecule has 0 aliphatic rings. The Labute approximate surface area is 113 Å². The van der Waals surface area contributed by atoms with E-state index in [9.17, 15) is 5.11 Å². The van der Waals surface area contributed by atoms with E-state index < -0.39 is 6.10 Å². The number of benzene rings is 1. The zero-order valence-electron chi connectivity index (χ0n) is 10.7. The Balaban J connectivity index is 2.20. The summed E-state index contributed by atoms with van der Waals surface area (Å²) in [6, 6.07) is 7.31. The van der Waals surface area contributed by atoms with E-state index in [0.717, 1.165) is 11.1 Å². The van der Waals surface area contributed by atoms with Crippen molar-refractivity contribution < 1.29 is 9.84 Å². The Morgan fingerprint density at radius 3 is 2.89 bits per heavy atom. The fourth-order valence-corrected chi connectivity index (χ4v) is 1.75. The average molecular weight is 270 g/mol. The monoisotopic (exact) mass is 269 g/mol. The molecule has 0 spiro atoms. The predicted octanol–water partition coefficient (Wildman–Crippen LogP) is 2.56. The number of ether oxygens (including phenoxy) is 1. The number of hydrogen-bond donors (Lipinski definition) is 2. The maximum absolute atomic E-state index is 9.94. The minimum Gasteiger partial charge on any atom is -0.387 e. The van der Waals surface area contributed by atoms with E-state index in [1.54, 1.807) is 6.07 Å². The van der Waals surface area contributed by atoms with Gasteiger partial charge < -0.3 is 15.2 Å². The third-order valence-electron chi connectivity index (χ3n) is 2.37. The van der Waals surface area contributed by atoms with Gasteiger partial charge >= 0.3 is 0 Å². The summed E-state index contributed by atoms with van der Waals surface area (Å²) >= 11 is 5.99. The molecule has 3 nitrogen and oxygen atoms in total. The van der Waals surface area contributed by atoms with E-state index in [1.165, 1.54) is 0 Å². The first-order valence-electron chi connectivity index (χ1n) is 5.96. The summed E-state index contributed by atoms with van der Waals surface area (Å²) in [6.07, 6.45) is -0.597. The molecule has 1 atom stereocenters. The van der Waals surface area contributed by atoms with Crippen LogP contribution in [0.2, 0.25) is 5.02 Å². The Morgan fingerprint density at radius 1 is 1.50 bits per heavy atom. The first-order valence-corrected chi connectivity index (χ1v) is 6.34. The number of aliphatic hydroxyl groups excluding tert-OH is 1. The second kappa shape index (κ2) is 8.27. The highest BCUT2D eigenvalue weighted by Crippen LogP contribution is 2.21. The van der Waals surface area contributed by atoms with Crippen LogP contribution in [0.1, 0.15) is 18.6 Å². The predicted molar refractivity (Wildman–Crippen MR) is 74.9 cm³/mol. The SMILES string of the molecule is C=C(C)COCCNCC(O)c1ccccc1Cl. The quantitative estimate of drug-likeness (QED) is 0.563. The number of hydrogen-bond acceptors (Lipinski definition) is 3. The highest BCUT2D eigenvalue weighted by Gasteiger charge is 2.09. The zero-order chi connectivity index (χ0) is 13.4. The van der Waals surface area contributed by atoms with Crippen LogP contribution < -0.4 is 5.32 Å². The van der Waals surface area contributed by atoms with Gasteiger partial charge in [-0.3, -0.25) is 0 Å². The summed E-state index contributed by atoms with van der Waals surface area (Å²) in [4.78, 5) is 0. The second-order valence-corrected chi connectivity index (χ2v) is 4.66. The molecule has 0 amide bonds. The van der Waals surface area contributed by atoms with E-state index in [4.69, 9.17) is 16.3 Å². The molecule has 1 unspecified atom stereocenters. The summed E-state index contributed by atoms with van der Waals surface area (Å²) in [5, 5.41) is 13.7. The van der Waals surface area contributed by atoms with Gasteiger partial charge in [0, 0.05) is 23.7 Å². The van der Waals surface area contributed by atoms with Crippen LogP contribution in [0.15, 0.2) is 36.4 Å². The summed E-state index contributed by atoms with van der Waals surface area (Å²) in [5.41, 5.74) is 1.75. The van der Waals surface area contributed by atoms with Crippen LogP contribution in [0.5, 0.6) is 0 Å². The van der Waals surface area contributed by atoms with Gasteiger partial charge in [-0.1, -0.05) is 42.0 Å². The normalized spacial score (nSPS) is 12.4. The molecule has 2 N–H and O–H groups in total. The Hall–Kier alpha value is -0.870. The molecule has 0 fully saturated rings. The van der Waals surface area contributed by atoms with E-state index in [2.05, 4.69) is 11.9 Å². The molecule has 4 heteroatoms. The third kappa shape index (κ3) is 5.65. The highest BCUT2D eigenvalue weighted by molar-refractivity contribution is 6.31. The lowest BCUT2D eigenvalue weighted by atomic mass is 10.1. The average Bonchev–Trinajstić information content (AvgIpc) is 2.33. The Morgan fingerprint density at radius 2 is 2.22 bits per heavy atom. The van der Waals surface area contributed by atoms with Crippen molar-refractivity contribution in [2.75, 3.05) is 26.3 Å². The molecule has 0 saturated carbocycles. The molecule has 100 valence electrons. The molecule has 0 saturated heterocycles. The summed E-state index contributed by atoms with van der Waals surface area (Å²) < 4.78 is 5.34. The fourth-order valence-electron chi connectivity index (χ4n) is 1.48. The lowest BCUT2D eigenvalue weighted by Gasteiger charge is -2.13. The Bertz CT molecular complexity index is 382. The van der Waals surface area contributed by atoms with Crippen molar-refractivity contribution in [1.82, 2.24) is 5.32 Å². The van der Waals surface area contributed by atoms with Gasteiger partial charge in [-0.15, -0.1) is 0 Å². The van der Waals surface area contributed by atoms with Gasteiger partial charge in [0.05, 0.1) is 19.3 Å². The van der Waals surface area contributed by atoms with Crippen LogP contribution in [0.25, 0.3) is 0 Å². The summed E-state index contributed by atoms with van der Waals surface area (Å²) in [6.45, 7) is 8.00. The van der Waals surface area contributed by atoms with E-state index in [0.29, 0.717) is 31.3 Å². The number of halogens is 1. The standard InChI is InChI=1S/C14H20ClNO2/c1-11(2)10-18-8-7-16-9-14(17)12-5-3-4-6-13(12)15/h3-6,14,16-17H,1,7-10H2,2H3. The molecule has 0 bridgehead atoms. The van der Waals surface area contributed by atoms with Crippen molar-refractivity contribution in [3.05, 3.63) is 47.0 Å². The lowest BCUT2D eigenvalue weighted by molar-refractivity contribution is 0.144. The van der Waals surface area contributed by atoms with Gasteiger partial charge in [-0.05, 0) is 13.0 Å². The minimum absolute atomic E-state index is 0.458. The first kappa shape index (κ1) is 15.2. The molecule has 18 heavy (non-hydrogen) atoms. The van der Waals surface area contributed by atoms with E-state index in [1.807, 2.05) is 25.1 Å². The lowest BCUT2D eigenvalue weighted by Crippen LogP contribution is -2.25. The van der Waals surface area contributed by atoms with Crippen LogP contribution in [-0.4, -0.2) is 31.4 Å². The smallest absolute Gasteiger partial charge is 0.0928 e. The van der Waals surface area contributed by atoms with E-state index >= 15 is 0 Å². The van der Waals surface area contributed by atoms with Crippen molar-refractivity contribution in [2.24, 2.45) is 0 Å². The van der Waals surface area contributed by atoms with Crippen LogP contribution in [0.4, 0.5) is 0 Å². The van der Waals surface area contributed by atoms with Crippen molar-refractivity contribution >= 4 is 11.6 Å². The molecule has 0 radical (unpaired) electrons. The van der Waals surface area contributed by atoms with Gasteiger partial charge in [-0.2, -0.15) is 0 Å². The molecule has 1 rings (SSSR count). The second-order valence-electron chi connectivity index (χ2n) is 4.25. The van der Waals surface area contributed by atoms with Gasteiger partial charge in [0.15, 0.2) is 0 Å². The third-order valence-corrected chi connectivity index (χ3v) is 2.72. The van der Waals surface area contributed by atoms with Crippen molar-refractivity contribution in [3.8, 4) is 0 Å². The topological polar surface area (TPSA) is 41.5 Å². The van der Waals surface area contributed by atoms with E-state index in [-0.39, 0.29) is 0 Å². The van der Waals surface area contributed by atoms with Crippen LogP contribution in [0.3, 0.4) is 0 Å². The zero-order valence-corrected chi connectivity index (χ0v) is 11.4. The molecule has 1 aromatic rings. The molecule has 0 aromatic heterocycles. The van der Waals surface area contributed by atoms with Gasteiger partial charge in [0.1, 0.15) is 0 Å². The molecule has 0 aliphatic heterocycles. The summed E-state index contributed by atoms with van der Waals surface area (Å²) in [5.74, 6) is 0. The molecule has 0 heterocycles. The fraction of sp³-hybridized carbons (Fsp3) is 0.429. The maximum atomic E-state index is 9.94. The maximum Gasteiger partial charge on any atom is 0.0928 e.